The predicted molar refractivity (Wildman–Crippen MR) is 73.0 cm³/mol. The molecule has 92 valence electrons. The maximum atomic E-state index is 3.54. The maximum Gasteiger partial charge on any atom is 0.0164 e. The Kier molecular flexibility index (Phi) is 4.65. The lowest BCUT2D eigenvalue weighted by molar-refractivity contribution is 0.488. The van der Waals surface area contributed by atoms with Crippen molar-refractivity contribution in [3.8, 4) is 0 Å². The van der Waals surface area contributed by atoms with Crippen molar-refractivity contribution in [2.75, 3.05) is 13.1 Å². The van der Waals surface area contributed by atoms with Gasteiger partial charge in [-0.2, -0.15) is 23.8 Å². The van der Waals surface area contributed by atoms with E-state index in [0.717, 1.165) is 19.6 Å². The summed E-state index contributed by atoms with van der Waals surface area (Å²) in [6.07, 6.45) is 8.70. The van der Waals surface area contributed by atoms with E-state index in [9.17, 15) is 0 Å². The lowest BCUT2D eigenvalue weighted by Crippen LogP contribution is -2.38. The van der Waals surface area contributed by atoms with Crippen LogP contribution in [0.15, 0.2) is 48.6 Å². The van der Waals surface area contributed by atoms with Crippen LogP contribution in [0.2, 0.25) is 0 Å². The van der Waals surface area contributed by atoms with Gasteiger partial charge in [-0.3, -0.25) is 0 Å². The van der Waals surface area contributed by atoms with Crippen LogP contribution in [0.5, 0.6) is 0 Å². The van der Waals surface area contributed by atoms with Crippen molar-refractivity contribution in [1.82, 2.24) is 10.6 Å². The Morgan fingerprint density at radius 1 is 1.35 bits per heavy atom. The van der Waals surface area contributed by atoms with Gasteiger partial charge in [-0.15, -0.1) is 0 Å². The SMILES string of the molecule is CC(CNCc1cc[cH-]c1)NCC1C=CC=C1. The Labute approximate surface area is 104 Å². The number of rotatable bonds is 7. The van der Waals surface area contributed by atoms with Crippen molar-refractivity contribution >= 4 is 0 Å². The average molecular weight is 229 g/mol. The molecule has 0 aromatic heterocycles. The van der Waals surface area contributed by atoms with Gasteiger partial charge in [0, 0.05) is 25.0 Å². The van der Waals surface area contributed by atoms with E-state index >= 15 is 0 Å². The monoisotopic (exact) mass is 229 g/mol. The van der Waals surface area contributed by atoms with Crippen molar-refractivity contribution < 1.29 is 0 Å². The van der Waals surface area contributed by atoms with Crippen molar-refractivity contribution in [1.29, 1.82) is 0 Å². The van der Waals surface area contributed by atoms with Crippen LogP contribution < -0.4 is 10.6 Å². The van der Waals surface area contributed by atoms with Crippen LogP contribution >= 0.6 is 0 Å². The van der Waals surface area contributed by atoms with E-state index in [2.05, 4.69) is 66.1 Å². The fourth-order valence-electron chi connectivity index (χ4n) is 1.99. The minimum Gasteiger partial charge on any atom is -0.323 e. The first-order valence-corrected chi connectivity index (χ1v) is 6.34. The second-order valence-electron chi connectivity index (χ2n) is 4.67. The van der Waals surface area contributed by atoms with Crippen molar-refractivity contribution in [2.45, 2.75) is 19.5 Å². The molecule has 2 nitrogen and oxygen atoms in total. The van der Waals surface area contributed by atoms with E-state index < -0.39 is 0 Å². The van der Waals surface area contributed by atoms with Crippen LogP contribution in [0.4, 0.5) is 0 Å². The zero-order chi connectivity index (χ0) is 11.9. The summed E-state index contributed by atoms with van der Waals surface area (Å²) in [5.41, 5.74) is 1.36. The molecule has 2 N–H and O–H groups in total. The first-order chi connectivity index (χ1) is 8.34. The van der Waals surface area contributed by atoms with Crippen LogP contribution in [0.3, 0.4) is 0 Å². The lowest BCUT2D eigenvalue weighted by atomic mass is 10.1. The fourth-order valence-corrected chi connectivity index (χ4v) is 1.99. The molecule has 0 bridgehead atoms. The summed E-state index contributed by atoms with van der Waals surface area (Å²) in [5.74, 6) is 0.576. The molecule has 1 atom stereocenters. The third kappa shape index (κ3) is 4.25. The molecule has 0 radical (unpaired) electrons. The van der Waals surface area contributed by atoms with Gasteiger partial charge in [0.25, 0.3) is 0 Å². The average Bonchev–Trinajstić information content (AvgIpc) is 2.99. The highest BCUT2D eigenvalue weighted by molar-refractivity contribution is 5.18. The molecule has 1 aliphatic rings. The molecule has 0 heterocycles. The maximum absolute atomic E-state index is 3.54. The zero-order valence-electron chi connectivity index (χ0n) is 10.4. The summed E-state index contributed by atoms with van der Waals surface area (Å²) < 4.78 is 0. The van der Waals surface area contributed by atoms with Crippen molar-refractivity contribution in [2.24, 2.45) is 5.92 Å². The van der Waals surface area contributed by atoms with Crippen LogP contribution in [-0.2, 0) is 6.54 Å². The molecular weight excluding hydrogens is 208 g/mol. The number of hydrogen-bond donors (Lipinski definition) is 2. The number of nitrogens with one attached hydrogen (secondary N) is 2. The number of allylic oxidation sites excluding steroid dienone is 2. The van der Waals surface area contributed by atoms with Gasteiger partial charge in [-0.1, -0.05) is 24.3 Å². The van der Waals surface area contributed by atoms with Gasteiger partial charge in [0.2, 0.25) is 0 Å². The molecule has 0 amide bonds. The minimum absolute atomic E-state index is 0.507. The van der Waals surface area contributed by atoms with E-state index in [1.165, 1.54) is 5.56 Å². The van der Waals surface area contributed by atoms with E-state index in [4.69, 9.17) is 0 Å². The molecule has 2 rings (SSSR count). The van der Waals surface area contributed by atoms with Crippen LogP contribution in [0, 0.1) is 5.92 Å². The van der Waals surface area contributed by atoms with Crippen molar-refractivity contribution in [3.05, 3.63) is 54.1 Å². The van der Waals surface area contributed by atoms with E-state index in [1.54, 1.807) is 0 Å². The number of hydrogen-bond acceptors (Lipinski definition) is 2. The van der Waals surface area contributed by atoms with Gasteiger partial charge < -0.3 is 10.6 Å². The third-order valence-electron chi connectivity index (χ3n) is 3.04. The molecule has 1 unspecified atom stereocenters. The highest BCUT2D eigenvalue weighted by Gasteiger charge is 2.05. The van der Waals surface area contributed by atoms with Crippen LogP contribution in [0.25, 0.3) is 0 Å². The second kappa shape index (κ2) is 6.48. The van der Waals surface area contributed by atoms with Gasteiger partial charge in [0.05, 0.1) is 0 Å². The van der Waals surface area contributed by atoms with Gasteiger partial charge in [0.15, 0.2) is 0 Å². The Morgan fingerprint density at radius 2 is 2.18 bits per heavy atom. The minimum atomic E-state index is 0.507. The zero-order valence-corrected chi connectivity index (χ0v) is 10.4. The Bertz CT molecular complexity index is 350. The van der Waals surface area contributed by atoms with Crippen molar-refractivity contribution in [3.63, 3.8) is 0 Å². The van der Waals surface area contributed by atoms with Crippen LogP contribution in [0.1, 0.15) is 12.5 Å². The van der Waals surface area contributed by atoms with Gasteiger partial charge in [0.1, 0.15) is 0 Å². The summed E-state index contributed by atoms with van der Waals surface area (Å²) in [5, 5.41) is 7.00. The third-order valence-corrected chi connectivity index (χ3v) is 3.04. The van der Waals surface area contributed by atoms with Gasteiger partial charge in [-0.05, 0) is 13.5 Å². The molecule has 1 aliphatic carbocycles. The summed E-state index contributed by atoms with van der Waals surface area (Å²) in [6.45, 7) is 5.22. The molecule has 0 saturated carbocycles. The largest absolute Gasteiger partial charge is 0.323 e. The Balaban J connectivity index is 1.56. The molecule has 1 aromatic carbocycles. The van der Waals surface area contributed by atoms with Gasteiger partial charge >= 0.3 is 0 Å². The molecular formula is C15H21N2-. The summed E-state index contributed by atoms with van der Waals surface area (Å²) >= 11 is 0. The van der Waals surface area contributed by atoms with E-state index in [1.807, 2.05) is 0 Å². The molecule has 0 spiro atoms. The molecule has 0 aliphatic heterocycles. The second-order valence-corrected chi connectivity index (χ2v) is 4.67. The first-order valence-electron chi connectivity index (χ1n) is 6.34. The van der Waals surface area contributed by atoms with E-state index in [-0.39, 0.29) is 0 Å². The Hall–Kier alpha value is -1.25. The van der Waals surface area contributed by atoms with E-state index in [0.29, 0.717) is 12.0 Å². The molecule has 2 heteroatoms. The molecule has 0 fully saturated rings. The van der Waals surface area contributed by atoms with Gasteiger partial charge in [-0.25, -0.2) is 6.07 Å². The Morgan fingerprint density at radius 3 is 2.88 bits per heavy atom. The molecule has 0 saturated heterocycles. The first kappa shape index (κ1) is 12.2. The highest BCUT2D eigenvalue weighted by atomic mass is 15.0. The lowest BCUT2D eigenvalue weighted by Gasteiger charge is -2.17. The topological polar surface area (TPSA) is 24.1 Å². The summed E-state index contributed by atoms with van der Waals surface area (Å²) in [7, 11) is 0. The molecule has 1 aromatic rings. The normalized spacial score (nSPS) is 16.8. The highest BCUT2D eigenvalue weighted by Crippen LogP contribution is 2.07. The summed E-state index contributed by atoms with van der Waals surface area (Å²) in [6, 6.07) is 8.97. The molecule has 17 heavy (non-hydrogen) atoms. The smallest absolute Gasteiger partial charge is 0.0164 e. The standard InChI is InChI=1S/C15H21N2/c1-13(17-12-15-8-4-5-9-15)10-16-11-14-6-2-3-7-14/h2-9,13,15-17H,10-12H2,1H3/q-1. The summed E-state index contributed by atoms with van der Waals surface area (Å²) in [4.78, 5) is 0. The fraction of sp³-hybridized carbons (Fsp3) is 0.400. The predicted octanol–water partition coefficient (Wildman–Crippen LogP) is 2.22. The van der Waals surface area contributed by atoms with Crippen LogP contribution in [-0.4, -0.2) is 19.1 Å². The quantitative estimate of drug-likeness (QED) is 0.701.